The molecule has 0 aliphatic rings. The standard InChI is InChI=1S/C12H9BrF2N2O/c1-16-8-4-9(6-17-5-8)18-11-3-7(13)2-10(14)12(11)15/h2-6,16H,1H3. The Morgan fingerprint density at radius 1 is 1.22 bits per heavy atom. The average molecular weight is 315 g/mol. The predicted octanol–water partition coefficient (Wildman–Crippen LogP) is 3.96. The Morgan fingerprint density at radius 2 is 2.00 bits per heavy atom. The van der Waals surface area contributed by atoms with Gasteiger partial charge >= 0.3 is 0 Å². The van der Waals surface area contributed by atoms with Crippen LogP contribution in [0.2, 0.25) is 0 Å². The number of benzene rings is 1. The molecule has 0 spiro atoms. The van der Waals surface area contributed by atoms with Gasteiger partial charge in [-0.3, -0.25) is 4.98 Å². The van der Waals surface area contributed by atoms with E-state index in [1.807, 2.05) is 0 Å². The number of hydrogen-bond acceptors (Lipinski definition) is 3. The lowest BCUT2D eigenvalue weighted by Gasteiger charge is -2.08. The Bertz CT molecular complexity index is 578. The van der Waals surface area contributed by atoms with E-state index >= 15 is 0 Å². The van der Waals surface area contributed by atoms with Crippen LogP contribution in [0.3, 0.4) is 0 Å². The number of aromatic nitrogens is 1. The smallest absolute Gasteiger partial charge is 0.201 e. The number of nitrogens with one attached hydrogen (secondary N) is 1. The van der Waals surface area contributed by atoms with E-state index in [1.54, 1.807) is 19.3 Å². The van der Waals surface area contributed by atoms with Crippen LogP contribution < -0.4 is 10.1 Å². The molecule has 1 N–H and O–H groups in total. The largest absolute Gasteiger partial charge is 0.452 e. The highest BCUT2D eigenvalue weighted by Crippen LogP contribution is 2.30. The monoisotopic (exact) mass is 314 g/mol. The van der Waals surface area contributed by atoms with Gasteiger partial charge < -0.3 is 10.1 Å². The molecule has 2 aromatic rings. The van der Waals surface area contributed by atoms with Crippen molar-refractivity contribution in [3.8, 4) is 11.5 Å². The maximum absolute atomic E-state index is 13.5. The van der Waals surface area contributed by atoms with E-state index in [0.717, 1.165) is 6.07 Å². The summed E-state index contributed by atoms with van der Waals surface area (Å²) < 4.78 is 32.3. The van der Waals surface area contributed by atoms with Crippen LogP contribution >= 0.6 is 15.9 Å². The molecule has 0 radical (unpaired) electrons. The molecule has 0 aliphatic heterocycles. The van der Waals surface area contributed by atoms with Crippen molar-refractivity contribution in [2.45, 2.75) is 0 Å². The second kappa shape index (κ2) is 5.30. The molecule has 0 amide bonds. The van der Waals surface area contributed by atoms with Crippen LogP contribution in [0.4, 0.5) is 14.5 Å². The second-order valence-corrected chi connectivity index (χ2v) is 4.38. The molecule has 0 atom stereocenters. The maximum atomic E-state index is 13.5. The van der Waals surface area contributed by atoms with Crippen molar-refractivity contribution in [3.63, 3.8) is 0 Å². The summed E-state index contributed by atoms with van der Waals surface area (Å²) in [6.07, 6.45) is 3.00. The summed E-state index contributed by atoms with van der Waals surface area (Å²) in [6, 6.07) is 4.01. The van der Waals surface area contributed by atoms with Crippen LogP contribution in [0.15, 0.2) is 35.1 Å². The summed E-state index contributed by atoms with van der Waals surface area (Å²) in [5, 5.41) is 2.87. The SMILES string of the molecule is CNc1cncc(Oc2cc(Br)cc(F)c2F)c1. The molecule has 18 heavy (non-hydrogen) atoms. The molecule has 0 saturated heterocycles. The highest BCUT2D eigenvalue weighted by molar-refractivity contribution is 9.10. The van der Waals surface area contributed by atoms with Crippen molar-refractivity contribution in [1.82, 2.24) is 4.98 Å². The fourth-order valence-corrected chi connectivity index (χ4v) is 1.75. The van der Waals surface area contributed by atoms with Gasteiger partial charge in [-0.05, 0) is 12.1 Å². The normalized spacial score (nSPS) is 10.2. The first kappa shape index (κ1) is 12.8. The minimum atomic E-state index is -1.03. The van der Waals surface area contributed by atoms with E-state index in [9.17, 15) is 8.78 Å². The van der Waals surface area contributed by atoms with Crippen LogP contribution in [-0.4, -0.2) is 12.0 Å². The van der Waals surface area contributed by atoms with E-state index in [4.69, 9.17) is 4.74 Å². The van der Waals surface area contributed by atoms with Crippen molar-refractivity contribution in [2.24, 2.45) is 0 Å². The van der Waals surface area contributed by atoms with Gasteiger partial charge in [0.15, 0.2) is 11.6 Å². The highest BCUT2D eigenvalue weighted by atomic mass is 79.9. The summed E-state index contributed by atoms with van der Waals surface area (Å²) in [6.45, 7) is 0. The highest BCUT2D eigenvalue weighted by Gasteiger charge is 2.12. The first-order chi connectivity index (χ1) is 8.60. The molecule has 0 fully saturated rings. The molecule has 1 heterocycles. The number of anilines is 1. The minimum absolute atomic E-state index is 0.197. The van der Waals surface area contributed by atoms with Gasteiger partial charge in [0.1, 0.15) is 5.75 Å². The van der Waals surface area contributed by atoms with E-state index in [2.05, 4.69) is 26.2 Å². The Hall–Kier alpha value is -1.69. The molecule has 6 heteroatoms. The third-order valence-electron chi connectivity index (χ3n) is 2.19. The molecule has 0 saturated carbocycles. The predicted molar refractivity (Wildman–Crippen MR) is 67.9 cm³/mol. The zero-order chi connectivity index (χ0) is 13.1. The van der Waals surface area contributed by atoms with E-state index in [1.165, 1.54) is 12.3 Å². The minimum Gasteiger partial charge on any atom is -0.452 e. The number of pyridine rings is 1. The van der Waals surface area contributed by atoms with E-state index in [-0.39, 0.29) is 5.75 Å². The van der Waals surface area contributed by atoms with Gasteiger partial charge in [0, 0.05) is 17.6 Å². The molecule has 0 aliphatic carbocycles. The summed E-state index contributed by atoms with van der Waals surface area (Å²) >= 11 is 3.07. The molecule has 1 aromatic carbocycles. The molecule has 0 bridgehead atoms. The number of halogens is 3. The molecular formula is C12H9BrF2N2O. The fourth-order valence-electron chi connectivity index (χ4n) is 1.34. The summed E-state index contributed by atoms with van der Waals surface area (Å²) in [4.78, 5) is 3.91. The molecule has 1 aromatic heterocycles. The molecule has 2 rings (SSSR count). The van der Waals surface area contributed by atoms with E-state index in [0.29, 0.717) is 15.9 Å². The zero-order valence-corrected chi connectivity index (χ0v) is 11.0. The fraction of sp³-hybridized carbons (Fsp3) is 0.0833. The first-order valence-corrected chi connectivity index (χ1v) is 5.84. The molecule has 0 unspecified atom stereocenters. The second-order valence-electron chi connectivity index (χ2n) is 3.46. The quantitative estimate of drug-likeness (QED) is 0.871. The van der Waals surface area contributed by atoms with Crippen molar-refractivity contribution >= 4 is 21.6 Å². The van der Waals surface area contributed by atoms with Crippen LogP contribution in [0.1, 0.15) is 0 Å². The Morgan fingerprint density at radius 3 is 2.72 bits per heavy atom. The van der Waals surface area contributed by atoms with Gasteiger partial charge in [-0.1, -0.05) is 15.9 Å². The maximum Gasteiger partial charge on any atom is 0.201 e. The number of ether oxygens (including phenoxy) is 1. The van der Waals surface area contributed by atoms with Gasteiger partial charge in [0.05, 0.1) is 18.1 Å². The van der Waals surface area contributed by atoms with Crippen molar-refractivity contribution in [2.75, 3.05) is 12.4 Å². The number of nitrogens with zero attached hydrogens (tertiary/aromatic N) is 1. The Kier molecular flexibility index (Phi) is 3.76. The lowest BCUT2D eigenvalue weighted by atomic mass is 10.3. The van der Waals surface area contributed by atoms with Crippen LogP contribution in [0, 0.1) is 11.6 Å². The van der Waals surface area contributed by atoms with Crippen molar-refractivity contribution in [3.05, 3.63) is 46.7 Å². The number of rotatable bonds is 3. The zero-order valence-electron chi connectivity index (χ0n) is 9.38. The summed E-state index contributed by atoms with van der Waals surface area (Å²) in [5.74, 6) is -1.89. The van der Waals surface area contributed by atoms with Crippen LogP contribution in [0.5, 0.6) is 11.5 Å². The van der Waals surface area contributed by atoms with Gasteiger partial charge in [0.25, 0.3) is 0 Å². The Balaban J connectivity index is 2.33. The molecular weight excluding hydrogens is 306 g/mol. The molecule has 3 nitrogen and oxygen atoms in total. The topological polar surface area (TPSA) is 34.2 Å². The van der Waals surface area contributed by atoms with Crippen molar-refractivity contribution in [1.29, 1.82) is 0 Å². The lowest BCUT2D eigenvalue weighted by molar-refractivity contribution is 0.414. The van der Waals surface area contributed by atoms with E-state index < -0.39 is 11.6 Å². The molecule has 94 valence electrons. The van der Waals surface area contributed by atoms with Crippen molar-refractivity contribution < 1.29 is 13.5 Å². The van der Waals surface area contributed by atoms with Gasteiger partial charge in [-0.15, -0.1) is 0 Å². The first-order valence-electron chi connectivity index (χ1n) is 5.05. The average Bonchev–Trinajstić information content (AvgIpc) is 2.35. The summed E-state index contributed by atoms with van der Waals surface area (Å²) in [7, 11) is 1.72. The lowest BCUT2D eigenvalue weighted by Crippen LogP contribution is -1.94. The number of hydrogen-bond donors (Lipinski definition) is 1. The van der Waals surface area contributed by atoms with Crippen LogP contribution in [0.25, 0.3) is 0 Å². The third-order valence-corrected chi connectivity index (χ3v) is 2.65. The summed E-state index contributed by atoms with van der Waals surface area (Å²) in [5.41, 5.74) is 0.711. The van der Waals surface area contributed by atoms with Gasteiger partial charge in [-0.2, -0.15) is 4.39 Å². The van der Waals surface area contributed by atoms with Crippen LogP contribution in [-0.2, 0) is 0 Å². The Labute approximate surface area is 111 Å². The third kappa shape index (κ3) is 2.76. The van der Waals surface area contributed by atoms with Gasteiger partial charge in [-0.25, -0.2) is 4.39 Å². The van der Waals surface area contributed by atoms with Gasteiger partial charge in [0.2, 0.25) is 5.82 Å².